The second-order valence-corrected chi connectivity index (χ2v) is 8.45. The molecule has 1 aliphatic rings. The first-order valence-corrected chi connectivity index (χ1v) is 11.2. The Morgan fingerprint density at radius 1 is 1.23 bits per heavy atom. The number of aromatic nitrogens is 2. The standard InChI is InChI=1S/C24H32FN3O3/c1-5-21-22(23(29)27-13-7-8-17(15-27)24(30)31-6-2)20(14-16(3)4)26-28(21)19-11-9-18(25)10-12-19/h9-12,16-17H,5-8,13-15H2,1-4H3/t17-/m0/s1. The van der Waals surface area contributed by atoms with E-state index in [-0.39, 0.29) is 23.6 Å². The number of halogens is 1. The number of nitrogens with zero attached hydrogens (tertiary/aromatic N) is 3. The van der Waals surface area contributed by atoms with Gasteiger partial charge in [0.2, 0.25) is 0 Å². The number of carbonyl (C=O) groups excluding carboxylic acids is 2. The Hall–Kier alpha value is -2.70. The van der Waals surface area contributed by atoms with Crippen molar-refractivity contribution in [1.82, 2.24) is 14.7 Å². The lowest BCUT2D eigenvalue weighted by atomic mass is 9.96. The van der Waals surface area contributed by atoms with Crippen molar-refractivity contribution in [2.24, 2.45) is 11.8 Å². The van der Waals surface area contributed by atoms with Gasteiger partial charge in [-0.2, -0.15) is 5.10 Å². The SMILES string of the molecule is CCOC(=O)[C@H]1CCCN(C(=O)c2c(CC(C)C)nn(-c3ccc(F)cc3)c2CC)C1. The molecule has 1 atom stereocenters. The van der Waals surface area contributed by atoms with E-state index in [9.17, 15) is 14.0 Å². The van der Waals surface area contributed by atoms with Gasteiger partial charge in [0.1, 0.15) is 5.82 Å². The number of piperidine rings is 1. The molecule has 0 saturated carbocycles. The summed E-state index contributed by atoms with van der Waals surface area (Å²) in [5.41, 5.74) is 2.90. The summed E-state index contributed by atoms with van der Waals surface area (Å²) in [5.74, 6) is -0.606. The van der Waals surface area contributed by atoms with Crippen molar-refractivity contribution in [3.63, 3.8) is 0 Å². The molecule has 1 aromatic heterocycles. The molecule has 3 rings (SSSR count). The van der Waals surface area contributed by atoms with E-state index in [0.717, 1.165) is 29.9 Å². The Balaban J connectivity index is 1.98. The molecule has 0 radical (unpaired) electrons. The van der Waals surface area contributed by atoms with Crippen molar-refractivity contribution >= 4 is 11.9 Å². The predicted molar refractivity (Wildman–Crippen MR) is 117 cm³/mol. The molecule has 2 aromatic rings. The molecule has 31 heavy (non-hydrogen) atoms. The third-order valence-corrected chi connectivity index (χ3v) is 5.60. The molecule has 0 N–H and O–H groups in total. The quantitative estimate of drug-likeness (QED) is 0.619. The van der Waals surface area contributed by atoms with Crippen LogP contribution in [0.25, 0.3) is 5.69 Å². The van der Waals surface area contributed by atoms with Gasteiger partial charge in [0.05, 0.1) is 35.2 Å². The Bertz CT molecular complexity index is 921. The maximum Gasteiger partial charge on any atom is 0.310 e. The molecule has 168 valence electrons. The molecule has 6 nitrogen and oxygen atoms in total. The van der Waals surface area contributed by atoms with Crippen molar-refractivity contribution in [2.45, 2.75) is 53.4 Å². The Morgan fingerprint density at radius 2 is 1.94 bits per heavy atom. The van der Waals surface area contributed by atoms with Gasteiger partial charge < -0.3 is 9.64 Å². The maximum absolute atomic E-state index is 13.7. The first-order valence-electron chi connectivity index (χ1n) is 11.2. The van der Waals surface area contributed by atoms with Gasteiger partial charge in [-0.15, -0.1) is 0 Å². The van der Waals surface area contributed by atoms with Crippen LogP contribution in [0.3, 0.4) is 0 Å². The molecule has 0 bridgehead atoms. The van der Waals surface area contributed by atoms with Crippen LogP contribution in [0.2, 0.25) is 0 Å². The molecular formula is C24H32FN3O3. The number of ether oxygens (including phenoxy) is 1. The Morgan fingerprint density at radius 3 is 2.55 bits per heavy atom. The molecule has 0 unspecified atom stereocenters. The summed E-state index contributed by atoms with van der Waals surface area (Å²) in [6, 6.07) is 6.14. The third-order valence-electron chi connectivity index (χ3n) is 5.60. The molecular weight excluding hydrogens is 397 g/mol. The number of rotatable bonds is 7. The lowest BCUT2D eigenvalue weighted by molar-refractivity contribution is -0.149. The van der Waals surface area contributed by atoms with E-state index in [1.165, 1.54) is 12.1 Å². The highest BCUT2D eigenvalue weighted by Crippen LogP contribution is 2.27. The second-order valence-electron chi connectivity index (χ2n) is 8.45. The van der Waals surface area contributed by atoms with Gasteiger partial charge in [-0.05, 0) is 62.8 Å². The van der Waals surface area contributed by atoms with Gasteiger partial charge in [0, 0.05) is 13.1 Å². The minimum atomic E-state index is -0.314. The zero-order valence-electron chi connectivity index (χ0n) is 18.9. The number of carbonyl (C=O) groups is 2. The lowest BCUT2D eigenvalue weighted by Crippen LogP contribution is -2.43. The summed E-state index contributed by atoms with van der Waals surface area (Å²) >= 11 is 0. The average molecular weight is 430 g/mol. The van der Waals surface area contributed by atoms with Crippen molar-refractivity contribution in [3.8, 4) is 5.69 Å². The average Bonchev–Trinajstić information content (AvgIpc) is 3.11. The van der Waals surface area contributed by atoms with E-state index in [2.05, 4.69) is 13.8 Å². The van der Waals surface area contributed by atoms with Crippen LogP contribution in [-0.4, -0.2) is 46.3 Å². The van der Waals surface area contributed by atoms with Crippen molar-refractivity contribution in [2.75, 3.05) is 19.7 Å². The largest absolute Gasteiger partial charge is 0.466 e. The van der Waals surface area contributed by atoms with Gasteiger partial charge >= 0.3 is 5.97 Å². The van der Waals surface area contributed by atoms with Crippen LogP contribution in [0.15, 0.2) is 24.3 Å². The summed E-state index contributed by atoms with van der Waals surface area (Å²) in [5, 5.41) is 4.78. The number of hydrogen-bond acceptors (Lipinski definition) is 4. The third kappa shape index (κ3) is 5.14. The zero-order valence-corrected chi connectivity index (χ0v) is 18.9. The lowest BCUT2D eigenvalue weighted by Gasteiger charge is -2.31. The highest BCUT2D eigenvalue weighted by Gasteiger charge is 2.33. The fourth-order valence-electron chi connectivity index (χ4n) is 4.17. The van der Waals surface area contributed by atoms with E-state index in [1.807, 2.05) is 6.92 Å². The summed E-state index contributed by atoms with van der Waals surface area (Å²) in [6.07, 6.45) is 2.77. The molecule has 7 heteroatoms. The zero-order chi connectivity index (χ0) is 22.5. The number of benzene rings is 1. The fourth-order valence-corrected chi connectivity index (χ4v) is 4.17. The van der Waals surface area contributed by atoms with Gasteiger partial charge in [0.15, 0.2) is 0 Å². The fraction of sp³-hybridized carbons (Fsp3) is 0.542. The molecule has 0 aliphatic carbocycles. The molecule has 1 fully saturated rings. The van der Waals surface area contributed by atoms with Gasteiger partial charge in [0.25, 0.3) is 5.91 Å². The first-order chi connectivity index (χ1) is 14.8. The van der Waals surface area contributed by atoms with Crippen LogP contribution >= 0.6 is 0 Å². The normalized spacial score (nSPS) is 16.6. The van der Waals surface area contributed by atoms with Crippen LogP contribution < -0.4 is 0 Å². The predicted octanol–water partition coefficient (Wildman–Crippen LogP) is 4.19. The minimum absolute atomic E-state index is 0.0881. The smallest absolute Gasteiger partial charge is 0.310 e. The number of esters is 1. The van der Waals surface area contributed by atoms with E-state index in [4.69, 9.17) is 9.84 Å². The van der Waals surface area contributed by atoms with Crippen LogP contribution in [0.4, 0.5) is 4.39 Å². The number of amides is 1. The second kappa shape index (κ2) is 10.1. The summed E-state index contributed by atoms with van der Waals surface area (Å²) in [7, 11) is 0. The van der Waals surface area contributed by atoms with Crippen LogP contribution in [-0.2, 0) is 22.4 Å². The Labute approximate surface area is 183 Å². The van der Waals surface area contributed by atoms with E-state index in [1.54, 1.807) is 28.6 Å². The maximum atomic E-state index is 13.7. The van der Waals surface area contributed by atoms with Gasteiger partial charge in [-0.25, -0.2) is 9.07 Å². The van der Waals surface area contributed by atoms with E-state index < -0.39 is 0 Å². The van der Waals surface area contributed by atoms with Crippen molar-refractivity contribution < 1.29 is 18.7 Å². The summed E-state index contributed by atoms with van der Waals surface area (Å²) in [6.45, 7) is 9.28. The molecule has 1 saturated heterocycles. The van der Waals surface area contributed by atoms with Gasteiger partial charge in [-0.3, -0.25) is 9.59 Å². The van der Waals surface area contributed by atoms with Crippen LogP contribution in [0, 0.1) is 17.7 Å². The van der Waals surface area contributed by atoms with Crippen molar-refractivity contribution in [1.29, 1.82) is 0 Å². The minimum Gasteiger partial charge on any atom is -0.466 e. The van der Waals surface area contributed by atoms with Crippen LogP contribution in [0.1, 0.15) is 62.3 Å². The van der Waals surface area contributed by atoms with E-state index in [0.29, 0.717) is 44.0 Å². The number of likely N-dealkylation sites (tertiary alicyclic amines) is 1. The van der Waals surface area contributed by atoms with Crippen molar-refractivity contribution in [3.05, 3.63) is 47.0 Å². The number of hydrogen-bond donors (Lipinski definition) is 0. The Kier molecular flexibility index (Phi) is 7.46. The topological polar surface area (TPSA) is 64.4 Å². The highest BCUT2D eigenvalue weighted by molar-refractivity contribution is 5.97. The molecule has 1 amide bonds. The molecule has 1 aromatic carbocycles. The molecule has 2 heterocycles. The summed E-state index contributed by atoms with van der Waals surface area (Å²) < 4.78 is 20.4. The molecule has 1 aliphatic heterocycles. The van der Waals surface area contributed by atoms with Gasteiger partial charge in [-0.1, -0.05) is 20.8 Å². The van der Waals surface area contributed by atoms with E-state index >= 15 is 0 Å². The first kappa shape index (κ1) is 23.0. The molecule has 0 spiro atoms. The summed E-state index contributed by atoms with van der Waals surface area (Å²) in [4.78, 5) is 27.7. The van der Waals surface area contributed by atoms with Crippen LogP contribution in [0.5, 0.6) is 0 Å². The highest BCUT2D eigenvalue weighted by atomic mass is 19.1. The monoisotopic (exact) mass is 429 g/mol.